The molecule has 4 nitrogen and oxygen atoms in total. The Labute approximate surface area is 99.4 Å². The van der Waals surface area contributed by atoms with Crippen molar-refractivity contribution in [1.82, 2.24) is 5.32 Å². The van der Waals surface area contributed by atoms with Crippen molar-refractivity contribution in [3.05, 3.63) is 23.3 Å². The van der Waals surface area contributed by atoms with Gasteiger partial charge in [0.2, 0.25) is 0 Å². The van der Waals surface area contributed by atoms with E-state index in [1.807, 2.05) is 0 Å². The fourth-order valence-electron chi connectivity index (χ4n) is 1.87. The molecule has 1 atom stereocenters. The summed E-state index contributed by atoms with van der Waals surface area (Å²) >= 11 is 0. The van der Waals surface area contributed by atoms with Gasteiger partial charge in [0.1, 0.15) is 19.9 Å². The summed E-state index contributed by atoms with van der Waals surface area (Å²) in [5.41, 5.74) is 1.06. The zero-order chi connectivity index (χ0) is 12.3. The largest absolute Gasteiger partial charge is 0.486 e. The fourth-order valence-corrected chi connectivity index (χ4v) is 1.87. The van der Waals surface area contributed by atoms with E-state index in [1.54, 1.807) is 19.2 Å². The summed E-state index contributed by atoms with van der Waals surface area (Å²) in [4.78, 5) is 0. The highest BCUT2D eigenvalue weighted by molar-refractivity contribution is 5.51. The third-order valence-electron chi connectivity index (χ3n) is 2.64. The first kappa shape index (κ1) is 12.1. The molecular weight excluding hydrogens is 225 g/mol. The molecule has 1 aromatic rings. The molecule has 0 radical (unpaired) electrons. The summed E-state index contributed by atoms with van der Waals surface area (Å²) < 4.78 is 23.6. The van der Waals surface area contributed by atoms with Crippen molar-refractivity contribution >= 4 is 0 Å². The van der Waals surface area contributed by atoms with Gasteiger partial charge in [-0.3, -0.25) is 0 Å². The molecule has 0 aromatic heterocycles. The number of ether oxygens (including phenoxy) is 2. The van der Waals surface area contributed by atoms with Crippen LogP contribution in [0.4, 0.5) is 4.39 Å². The molecule has 0 saturated carbocycles. The normalized spacial score (nSPS) is 15.7. The van der Waals surface area contributed by atoms with E-state index in [2.05, 4.69) is 5.32 Å². The maximum Gasteiger partial charge on any atom is 0.167 e. The van der Waals surface area contributed by atoms with Gasteiger partial charge >= 0.3 is 0 Å². The van der Waals surface area contributed by atoms with Gasteiger partial charge in [0.05, 0.1) is 6.10 Å². The fraction of sp³-hybridized carbons (Fsp3) is 0.500. The van der Waals surface area contributed by atoms with Crippen molar-refractivity contribution in [2.45, 2.75) is 12.8 Å². The molecule has 2 rings (SSSR count). The Balaban J connectivity index is 2.40. The molecule has 1 unspecified atom stereocenters. The second-order valence-corrected chi connectivity index (χ2v) is 3.92. The summed E-state index contributed by atoms with van der Waals surface area (Å²) in [5, 5.41) is 12.8. The average molecular weight is 241 g/mol. The minimum absolute atomic E-state index is 0.380. The molecule has 0 fully saturated rings. The number of nitrogens with one attached hydrogen (secondary N) is 1. The van der Waals surface area contributed by atoms with Gasteiger partial charge in [-0.2, -0.15) is 0 Å². The van der Waals surface area contributed by atoms with Crippen LogP contribution in [-0.4, -0.2) is 31.9 Å². The van der Waals surface area contributed by atoms with E-state index >= 15 is 0 Å². The predicted molar refractivity (Wildman–Crippen MR) is 61.1 cm³/mol. The SMILES string of the molecule is CNCC(O)c1cc(CF)cc2c1OCCO2. The lowest BCUT2D eigenvalue weighted by atomic mass is 10.0. The monoisotopic (exact) mass is 241 g/mol. The van der Waals surface area contributed by atoms with Crippen LogP contribution in [0.3, 0.4) is 0 Å². The van der Waals surface area contributed by atoms with Gasteiger partial charge in [-0.25, -0.2) is 4.39 Å². The molecule has 2 N–H and O–H groups in total. The number of likely N-dealkylation sites (N-methyl/N-ethyl adjacent to an activating group) is 1. The van der Waals surface area contributed by atoms with Crippen LogP contribution >= 0.6 is 0 Å². The summed E-state index contributed by atoms with van der Waals surface area (Å²) in [7, 11) is 1.74. The summed E-state index contributed by atoms with van der Waals surface area (Å²) in [6.45, 7) is 0.687. The van der Waals surface area contributed by atoms with E-state index in [1.165, 1.54) is 0 Å². The summed E-state index contributed by atoms with van der Waals surface area (Å²) in [6, 6.07) is 3.24. The smallest absolute Gasteiger partial charge is 0.167 e. The Morgan fingerprint density at radius 2 is 2.18 bits per heavy atom. The minimum Gasteiger partial charge on any atom is -0.486 e. The van der Waals surface area contributed by atoms with Crippen molar-refractivity contribution in [3.8, 4) is 11.5 Å². The van der Waals surface area contributed by atoms with E-state index in [-0.39, 0.29) is 0 Å². The van der Waals surface area contributed by atoms with E-state index < -0.39 is 12.8 Å². The van der Waals surface area contributed by atoms with E-state index in [0.717, 1.165) is 0 Å². The molecule has 1 aliphatic heterocycles. The maximum absolute atomic E-state index is 12.7. The number of benzene rings is 1. The van der Waals surface area contributed by atoms with Crippen LogP contribution in [-0.2, 0) is 6.67 Å². The molecule has 0 amide bonds. The van der Waals surface area contributed by atoms with Gasteiger partial charge in [0.15, 0.2) is 11.5 Å². The topological polar surface area (TPSA) is 50.7 Å². The molecule has 1 heterocycles. The maximum atomic E-state index is 12.7. The van der Waals surface area contributed by atoms with Gasteiger partial charge in [0.25, 0.3) is 0 Å². The van der Waals surface area contributed by atoms with Crippen LogP contribution < -0.4 is 14.8 Å². The standard InChI is InChI=1S/C12H16FNO3/c1-14-7-10(15)9-4-8(6-13)5-11-12(9)17-3-2-16-11/h4-5,10,14-15H,2-3,6-7H2,1H3. The van der Waals surface area contributed by atoms with Crippen LogP contribution in [0.15, 0.2) is 12.1 Å². The van der Waals surface area contributed by atoms with Crippen LogP contribution in [0.25, 0.3) is 0 Å². The van der Waals surface area contributed by atoms with Crippen LogP contribution in [0.1, 0.15) is 17.2 Å². The molecule has 1 aliphatic rings. The van der Waals surface area contributed by atoms with Crippen molar-refractivity contribution < 1.29 is 19.0 Å². The van der Waals surface area contributed by atoms with Crippen LogP contribution in [0.2, 0.25) is 0 Å². The predicted octanol–water partition coefficient (Wildman–Crippen LogP) is 1.18. The molecule has 0 spiro atoms. The third-order valence-corrected chi connectivity index (χ3v) is 2.64. The van der Waals surface area contributed by atoms with Crippen molar-refractivity contribution in [3.63, 3.8) is 0 Å². The van der Waals surface area contributed by atoms with Gasteiger partial charge < -0.3 is 19.9 Å². The van der Waals surface area contributed by atoms with E-state index in [9.17, 15) is 9.50 Å². The van der Waals surface area contributed by atoms with Crippen LogP contribution in [0.5, 0.6) is 11.5 Å². The Hall–Kier alpha value is -1.33. The molecule has 1 aromatic carbocycles. The molecule has 0 saturated heterocycles. The second kappa shape index (κ2) is 5.33. The average Bonchev–Trinajstić information content (AvgIpc) is 2.37. The van der Waals surface area contributed by atoms with Crippen molar-refractivity contribution in [1.29, 1.82) is 0 Å². The zero-order valence-corrected chi connectivity index (χ0v) is 9.70. The Bertz CT molecular complexity index is 398. The van der Waals surface area contributed by atoms with Gasteiger partial charge in [-0.15, -0.1) is 0 Å². The molecule has 5 heteroatoms. The summed E-state index contributed by atoms with van der Waals surface area (Å²) in [5.74, 6) is 1.03. The molecule has 94 valence electrons. The molecule has 0 aliphatic carbocycles. The third kappa shape index (κ3) is 2.50. The number of hydrogen-bond donors (Lipinski definition) is 2. The van der Waals surface area contributed by atoms with Gasteiger partial charge in [-0.1, -0.05) is 0 Å². The molecular formula is C12H16FNO3. The molecule has 0 bridgehead atoms. The minimum atomic E-state index is -0.734. The first-order chi connectivity index (χ1) is 8.26. The van der Waals surface area contributed by atoms with Crippen LogP contribution in [0, 0.1) is 0 Å². The number of halogens is 1. The lowest BCUT2D eigenvalue weighted by Crippen LogP contribution is -2.21. The lowest BCUT2D eigenvalue weighted by molar-refractivity contribution is 0.145. The number of fused-ring (bicyclic) bond motifs is 1. The Kier molecular flexibility index (Phi) is 3.81. The molecule has 17 heavy (non-hydrogen) atoms. The van der Waals surface area contributed by atoms with Gasteiger partial charge in [-0.05, 0) is 24.7 Å². The number of alkyl halides is 1. The highest BCUT2D eigenvalue weighted by atomic mass is 19.1. The highest BCUT2D eigenvalue weighted by Crippen LogP contribution is 2.38. The summed E-state index contributed by atoms with van der Waals surface area (Å²) in [6.07, 6.45) is -0.734. The van der Waals surface area contributed by atoms with Crippen molar-refractivity contribution in [2.24, 2.45) is 0 Å². The Morgan fingerprint density at radius 1 is 1.41 bits per heavy atom. The quantitative estimate of drug-likeness (QED) is 0.831. The van der Waals surface area contributed by atoms with Gasteiger partial charge in [0, 0.05) is 12.1 Å². The number of aliphatic hydroxyl groups is 1. The zero-order valence-electron chi connectivity index (χ0n) is 9.70. The Morgan fingerprint density at radius 3 is 2.88 bits per heavy atom. The lowest BCUT2D eigenvalue weighted by Gasteiger charge is -2.24. The first-order valence-corrected chi connectivity index (χ1v) is 5.57. The highest BCUT2D eigenvalue weighted by Gasteiger charge is 2.21. The van der Waals surface area contributed by atoms with E-state index in [4.69, 9.17) is 9.47 Å². The number of aliphatic hydroxyl groups excluding tert-OH is 1. The second-order valence-electron chi connectivity index (χ2n) is 3.92. The first-order valence-electron chi connectivity index (χ1n) is 5.57. The number of rotatable bonds is 4. The van der Waals surface area contributed by atoms with Crippen molar-refractivity contribution in [2.75, 3.05) is 26.8 Å². The van der Waals surface area contributed by atoms with E-state index in [0.29, 0.717) is 42.4 Å². The number of hydrogen-bond acceptors (Lipinski definition) is 4.